The first-order valence-electron chi connectivity index (χ1n) is 7.14. The summed E-state index contributed by atoms with van der Waals surface area (Å²) in [5, 5.41) is 0. The molecule has 0 radical (unpaired) electrons. The number of hydrogen-bond acceptors (Lipinski definition) is 4. The smallest absolute Gasteiger partial charge is 0.0589 e. The second-order valence-electron chi connectivity index (χ2n) is 5.28. The summed E-state index contributed by atoms with van der Waals surface area (Å²) < 4.78 is 5.16. The Labute approximate surface area is 116 Å². The second-order valence-corrected chi connectivity index (χ2v) is 5.28. The molecule has 1 aliphatic heterocycles. The van der Waals surface area contributed by atoms with Crippen molar-refractivity contribution in [2.75, 3.05) is 46.4 Å². The Bertz CT molecular complexity index is 358. The van der Waals surface area contributed by atoms with Gasteiger partial charge in [-0.15, -0.1) is 0 Å². The highest BCUT2D eigenvalue weighted by atomic mass is 16.5. The minimum atomic E-state index is 0.626. The molecule has 19 heavy (non-hydrogen) atoms. The first-order chi connectivity index (χ1) is 9.29. The molecule has 1 aromatic rings. The molecular formula is C15H25N3O. The third-order valence-electron chi connectivity index (χ3n) is 3.90. The van der Waals surface area contributed by atoms with Gasteiger partial charge in [-0.25, -0.2) is 0 Å². The second kappa shape index (κ2) is 7.58. The van der Waals surface area contributed by atoms with Gasteiger partial charge in [0.25, 0.3) is 0 Å². The molecule has 1 aromatic heterocycles. The fourth-order valence-electron chi connectivity index (χ4n) is 2.65. The zero-order valence-corrected chi connectivity index (χ0v) is 12.1. The number of aromatic nitrogens is 1. The molecule has 0 bridgehead atoms. The predicted octanol–water partition coefficient (Wildman–Crippen LogP) is 1.28. The van der Waals surface area contributed by atoms with Crippen LogP contribution in [0.4, 0.5) is 0 Å². The van der Waals surface area contributed by atoms with Crippen LogP contribution in [0.15, 0.2) is 24.5 Å². The maximum Gasteiger partial charge on any atom is 0.0589 e. The lowest BCUT2D eigenvalue weighted by Gasteiger charge is -2.39. The summed E-state index contributed by atoms with van der Waals surface area (Å²) >= 11 is 0. The molecular weight excluding hydrogens is 238 g/mol. The van der Waals surface area contributed by atoms with Gasteiger partial charge in [0.2, 0.25) is 0 Å². The Morgan fingerprint density at radius 1 is 1.26 bits per heavy atom. The van der Waals surface area contributed by atoms with Crippen LogP contribution in [0.5, 0.6) is 0 Å². The topological polar surface area (TPSA) is 28.6 Å². The number of ether oxygens (including phenoxy) is 1. The molecule has 2 heterocycles. The first kappa shape index (κ1) is 14.4. The molecule has 1 aliphatic rings. The fraction of sp³-hybridized carbons (Fsp3) is 0.667. The van der Waals surface area contributed by atoms with Crippen LogP contribution in [0.1, 0.15) is 12.5 Å². The van der Waals surface area contributed by atoms with E-state index in [0.29, 0.717) is 6.04 Å². The van der Waals surface area contributed by atoms with Crippen LogP contribution in [0.3, 0.4) is 0 Å². The number of nitrogens with zero attached hydrogens (tertiary/aromatic N) is 3. The molecule has 0 aliphatic carbocycles. The Balaban J connectivity index is 1.73. The van der Waals surface area contributed by atoms with Gasteiger partial charge in [0, 0.05) is 58.3 Å². The van der Waals surface area contributed by atoms with Gasteiger partial charge in [-0.05, 0) is 31.0 Å². The zero-order chi connectivity index (χ0) is 13.5. The number of piperazine rings is 1. The molecule has 2 rings (SSSR count). The number of hydrogen-bond donors (Lipinski definition) is 0. The van der Waals surface area contributed by atoms with E-state index < -0.39 is 0 Å². The van der Waals surface area contributed by atoms with Crippen molar-refractivity contribution in [1.82, 2.24) is 14.8 Å². The average molecular weight is 263 g/mol. The number of methoxy groups -OCH3 is 1. The molecule has 0 aromatic carbocycles. The van der Waals surface area contributed by atoms with Crippen molar-refractivity contribution < 1.29 is 4.74 Å². The van der Waals surface area contributed by atoms with Crippen LogP contribution in [0, 0.1) is 0 Å². The molecule has 0 amide bonds. The minimum Gasteiger partial charge on any atom is -0.383 e. The monoisotopic (exact) mass is 263 g/mol. The molecule has 1 fully saturated rings. The van der Waals surface area contributed by atoms with E-state index in [2.05, 4.69) is 33.8 Å². The van der Waals surface area contributed by atoms with Crippen LogP contribution in [0.2, 0.25) is 0 Å². The van der Waals surface area contributed by atoms with Crippen LogP contribution in [0.25, 0.3) is 0 Å². The van der Waals surface area contributed by atoms with Crippen molar-refractivity contribution in [3.8, 4) is 0 Å². The van der Waals surface area contributed by atoms with Crippen molar-refractivity contribution in [3.05, 3.63) is 30.1 Å². The summed E-state index contributed by atoms with van der Waals surface area (Å²) in [6, 6.07) is 4.85. The molecule has 106 valence electrons. The van der Waals surface area contributed by atoms with E-state index in [9.17, 15) is 0 Å². The fourth-order valence-corrected chi connectivity index (χ4v) is 2.65. The van der Waals surface area contributed by atoms with Crippen molar-refractivity contribution in [2.45, 2.75) is 19.4 Å². The minimum absolute atomic E-state index is 0.626. The normalized spacial score (nSPS) is 21.7. The van der Waals surface area contributed by atoms with Crippen LogP contribution in [-0.4, -0.2) is 67.3 Å². The van der Waals surface area contributed by atoms with Crippen molar-refractivity contribution in [2.24, 2.45) is 0 Å². The lowest BCUT2D eigenvalue weighted by molar-refractivity contribution is 0.0596. The molecule has 1 atom stereocenters. The summed E-state index contributed by atoms with van der Waals surface area (Å²) in [7, 11) is 1.77. The van der Waals surface area contributed by atoms with E-state index in [4.69, 9.17) is 4.74 Å². The average Bonchev–Trinajstić information content (AvgIpc) is 2.45. The number of rotatable bonds is 6. The van der Waals surface area contributed by atoms with Gasteiger partial charge in [0.05, 0.1) is 6.61 Å². The van der Waals surface area contributed by atoms with Crippen molar-refractivity contribution in [3.63, 3.8) is 0 Å². The maximum absolute atomic E-state index is 5.16. The molecule has 4 heteroatoms. The van der Waals surface area contributed by atoms with E-state index in [1.165, 1.54) is 12.1 Å². The van der Waals surface area contributed by atoms with E-state index in [1.54, 1.807) is 7.11 Å². The highest BCUT2D eigenvalue weighted by Gasteiger charge is 2.22. The summed E-state index contributed by atoms with van der Waals surface area (Å²) in [5.74, 6) is 0. The molecule has 1 saturated heterocycles. The number of pyridine rings is 1. The third kappa shape index (κ3) is 4.56. The lowest BCUT2D eigenvalue weighted by Crippen LogP contribution is -2.52. The van der Waals surface area contributed by atoms with Crippen LogP contribution < -0.4 is 0 Å². The Kier molecular flexibility index (Phi) is 5.76. The molecule has 4 nitrogen and oxygen atoms in total. The molecule has 1 unspecified atom stereocenters. The van der Waals surface area contributed by atoms with Crippen molar-refractivity contribution >= 4 is 0 Å². The van der Waals surface area contributed by atoms with Gasteiger partial charge < -0.3 is 9.64 Å². The SMILES string of the molecule is COCCN1CCN(CCc2ccncc2)CC1C. The Morgan fingerprint density at radius 3 is 2.74 bits per heavy atom. The Hall–Kier alpha value is -0.970. The highest BCUT2D eigenvalue weighted by Crippen LogP contribution is 2.10. The standard InChI is InChI=1S/C15H25N3O/c1-14-13-17(9-10-18(14)11-12-19-2)8-5-15-3-6-16-7-4-15/h3-4,6-7,14H,5,8-13H2,1-2H3. The van der Waals surface area contributed by atoms with Gasteiger partial charge in [-0.1, -0.05) is 0 Å². The van der Waals surface area contributed by atoms with Crippen molar-refractivity contribution in [1.29, 1.82) is 0 Å². The highest BCUT2D eigenvalue weighted by molar-refractivity contribution is 5.09. The van der Waals surface area contributed by atoms with E-state index in [0.717, 1.165) is 39.2 Å². The van der Waals surface area contributed by atoms with Crippen LogP contribution >= 0.6 is 0 Å². The van der Waals surface area contributed by atoms with E-state index >= 15 is 0 Å². The lowest BCUT2D eigenvalue weighted by atomic mass is 10.1. The van der Waals surface area contributed by atoms with Gasteiger partial charge in [-0.2, -0.15) is 0 Å². The van der Waals surface area contributed by atoms with Crippen LogP contribution in [-0.2, 0) is 11.2 Å². The molecule has 0 saturated carbocycles. The van der Waals surface area contributed by atoms with Gasteiger partial charge in [-0.3, -0.25) is 9.88 Å². The third-order valence-corrected chi connectivity index (χ3v) is 3.90. The quantitative estimate of drug-likeness (QED) is 0.773. The summed E-state index contributed by atoms with van der Waals surface area (Å²) in [6.07, 6.45) is 4.87. The zero-order valence-electron chi connectivity index (χ0n) is 12.1. The summed E-state index contributed by atoms with van der Waals surface area (Å²) in [4.78, 5) is 9.14. The molecule has 0 spiro atoms. The summed E-state index contributed by atoms with van der Waals surface area (Å²) in [6.45, 7) is 8.83. The molecule has 0 N–H and O–H groups in total. The van der Waals surface area contributed by atoms with Gasteiger partial charge >= 0.3 is 0 Å². The predicted molar refractivity (Wildman–Crippen MR) is 77.3 cm³/mol. The van der Waals surface area contributed by atoms with Gasteiger partial charge in [0.15, 0.2) is 0 Å². The maximum atomic E-state index is 5.16. The first-order valence-corrected chi connectivity index (χ1v) is 7.14. The van der Waals surface area contributed by atoms with Gasteiger partial charge in [0.1, 0.15) is 0 Å². The summed E-state index contributed by atoms with van der Waals surface area (Å²) in [5.41, 5.74) is 1.38. The van der Waals surface area contributed by atoms with E-state index in [-0.39, 0.29) is 0 Å². The Morgan fingerprint density at radius 2 is 2.05 bits per heavy atom. The van der Waals surface area contributed by atoms with E-state index in [1.807, 2.05) is 12.4 Å². The largest absolute Gasteiger partial charge is 0.383 e.